The van der Waals surface area contributed by atoms with E-state index < -0.39 is 23.1 Å². The molecule has 11 heteroatoms. The zero-order valence-corrected chi connectivity index (χ0v) is 21.8. The van der Waals surface area contributed by atoms with Crippen LogP contribution in [0.3, 0.4) is 0 Å². The van der Waals surface area contributed by atoms with Gasteiger partial charge in [-0.25, -0.2) is 28.1 Å². The molecule has 38 heavy (non-hydrogen) atoms. The Morgan fingerprint density at radius 2 is 1.82 bits per heavy atom. The SMILES string of the molecule is CC(C)c1cnc(N2CCC3(C2)CC3(F)F)c2cnc(Nc3ccnc(N4CC[C@@H](O)[C@@](C)(F)C4)n3)cc12. The lowest BCUT2D eigenvalue weighted by molar-refractivity contribution is -0.00860. The molecule has 8 nitrogen and oxygen atoms in total. The van der Waals surface area contributed by atoms with E-state index in [0.717, 1.165) is 16.3 Å². The van der Waals surface area contributed by atoms with Gasteiger partial charge in [-0.2, -0.15) is 4.98 Å². The van der Waals surface area contributed by atoms with E-state index in [2.05, 4.69) is 34.1 Å². The van der Waals surface area contributed by atoms with Crippen molar-refractivity contribution in [3.63, 3.8) is 0 Å². The summed E-state index contributed by atoms with van der Waals surface area (Å²) in [4.78, 5) is 21.8. The average Bonchev–Trinajstić information content (AvgIpc) is 3.17. The molecule has 202 valence electrons. The van der Waals surface area contributed by atoms with E-state index in [9.17, 15) is 18.3 Å². The summed E-state index contributed by atoms with van der Waals surface area (Å²) in [6.07, 6.45) is 4.89. The average molecular weight is 528 g/mol. The number of hydrogen-bond donors (Lipinski definition) is 2. The molecular formula is C27H32F3N7O. The maximum Gasteiger partial charge on any atom is 0.256 e. The molecule has 1 unspecified atom stereocenters. The fraction of sp³-hybridized carbons (Fsp3) is 0.556. The molecule has 1 spiro atoms. The van der Waals surface area contributed by atoms with Crippen molar-refractivity contribution in [1.82, 2.24) is 19.9 Å². The number of anilines is 4. The number of aliphatic hydroxyl groups is 1. The minimum Gasteiger partial charge on any atom is -0.390 e. The fourth-order valence-corrected chi connectivity index (χ4v) is 5.81. The number of aliphatic hydroxyl groups excluding tert-OH is 1. The molecule has 0 radical (unpaired) electrons. The van der Waals surface area contributed by atoms with Crippen LogP contribution < -0.4 is 15.1 Å². The minimum absolute atomic E-state index is 0.00306. The number of alkyl halides is 3. The van der Waals surface area contributed by atoms with Gasteiger partial charge in [-0.15, -0.1) is 0 Å². The van der Waals surface area contributed by atoms with Gasteiger partial charge in [-0.3, -0.25) is 0 Å². The van der Waals surface area contributed by atoms with Crippen molar-refractivity contribution in [2.24, 2.45) is 5.41 Å². The van der Waals surface area contributed by atoms with Crippen LogP contribution in [-0.4, -0.2) is 68.9 Å². The third-order valence-corrected chi connectivity index (χ3v) is 8.32. The predicted molar refractivity (Wildman–Crippen MR) is 140 cm³/mol. The Bertz CT molecular complexity index is 1380. The van der Waals surface area contributed by atoms with Crippen molar-refractivity contribution in [1.29, 1.82) is 0 Å². The topological polar surface area (TPSA) is 90.3 Å². The van der Waals surface area contributed by atoms with Gasteiger partial charge in [0.15, 0.2) is 5.67 Å². The van der Waals surface area contributed by atoms with Crippen molar-refractivity contribution >= 4 is 34.2 Å². The molecule has 0 bridgehead atoms. The van der Waals surface area contributed by atoms with Crippen molar-refractivity contribution < 1.29 is 18.3 Å². The van der Waals surface area contributed by atoms with E-state index in [4.69, 9.17) is 4.98 Å². The standard InChI is InChI=1S/C27H32F3N7O/c1-16(2)18-11-33-23(36-9-6-26(15-36)13-27(26,29)30)19-12-32-22(10-17(18)19)34-21-4-7-31-24(35-21)37-8-5-20(38)25(3,28)14-37/h4,7,10-12,16,20,38H,5-6,8-9,13-15H2,1-3H3,(H,31,32,34,35)/t20-,25+,26?/m1/s1. The number of piperidine rings is 1. The van der Waals surface area contributed by atoms with Crippen LogP contribution >= 0.6 is 0 Å². The van der Waals surface area contributed by atoms with Gasteiger partial charge in [0.25, 0.3) is 5.92 Å². The summed E-state index contributed by atoms with van der Waals surface area (Å²) in [6, 6.07) is 3.65. The Labute approximate surface area is 219 Å². The number of rotatable bonds is 5. The summed E-state index contributed by atoms with van der Waals surface area (Å²) in [6.45, 7) is 6.87. The van der Waals surface area contributed by atoms with Crippen LogP contribution in [0.1, 0.15) is 51.5 Å². The van der Waals surface area contributed by atoms with Crippen LogP contribution in [0.4, 0.5) is 36.6 Å². The molecule has 1 aliphatic carbocycles. The number of nitrogens with one attached hydrogen (secondary N) is 1. The molecule has 3 aliphatic rings. The van der Waals surface area contributed by atoms with Gasteiger partial charge in [0.2, 0.25) is 5.95 Å². The zero-order valence-electron chi connectivity index (χ0n) is 21.8. The zero-order chi connectivity index (χ0) is 26.9. The molecule has 3 fully saturated rings. The Morgan fingerprint density at radius 1 is 1.03 bits per heavy atom. The Balaban J connectivity index is 1.28. The molecule has 3 aromatic rings. The molecule has 0 aromatic carbocycles. The van der Waals surface area contributed by atoms with Gasteiger partial charge in [-0.1, -0.05) is 13.8 Å². The Kier molecular flexibility index (Phi) is 5.71. The van der Waals surface area contributed by atoms with Gasteiger partial charge in [0.1, 0.15) is 17.5 Å². The lowest BCUT2D eigenvalue weighted by atomic mass is 9.94. The van der Waals surface area contributed by atoms with Crippen molar-refractivity contribution in [2.45, 2.75) is 63.6 Å². The molecule has 2 N–H and O–H groups in total. The first-order valence-corrected chi connectivity index (χ1v) is 13.1. The third kappa shape index (κ3) is 4.20. The van der Waals surface area contributed by atoms with Crippen LogP contribution in [0.5, 0.6) is 0 Å². The van der Waals surface area contributed by atoms with Crippen LogP contribution in [0, 0.1) is 5.41 Å². The second-order valence-corrected chi connectivity index (χ2v) is 11.5. The number of pyridine rings is 2. The molecule has 2 aliphatic heterocycles. The molecular weight excluding hydrogens is 495 g/mol. The second-order valence-electron chi connectivity index (χ2n) is 11.5. The smallest absolute Gasteiger partial charge is 0.256 e. The summed E-state index contributed by atoms with van der Waals surface area (Å²) < 4.78 is 42.7. The van der Waals surface area contributed by atoms with Gasteiger partial charge < -0.3 is 20.2 Å². The normalized spacial score (nSPS) is 28.5. The fourth-order valence-electron chi connectivity index (χ4n) is 5.81. The van der Waals surface area contributed by atoms with Gasteiger partial charge in [0.05, 0.1) is 18.1 Å². The number of hydrogen-bond acceptors (Lipinski definition) is 8. The number of halogens is 3. The van der Waals surface area contributed by atoms with E-state index >= 15 is 0 Å². The summed E-state index contributed by atoms with van der Waals surface area (Å²) in [7, 11) is 0. The van der Waals surface area contributed by atoms with Gasteiger partial charge in [0, 0.05) is 50.0 Å². The molecule has 5 heterocycles. The minimum atomic E-state index is -2.59. The lowest BCUT2D eigenvalue weighted by Crippen LogP contribution is -2.52. The monoisotopic (exact) mass is 527 g/mol. The van der Waals surface area contributed by atoms with Crippen LogP contribution in [0.15, 0.2) is 30.7 Å². The van der Waals surface area contributed by atoms with Gasteiger partial charge >= 0.3 is 0 Å². The van der Waals surface area contributed by atoms with Crippen molar-refractivity contribution in [3.8, 4) is 0 Å². The summed E-state index contributed by atoms with van der Waals surface area (Å²) in [5.74, 6) is -0.252. The first-order chi connectivity index (χ1) is 18.0. The van der Waals surface area contributed by atoms with E-state index in [1.54, 1.807) is 23.4 Å². The number of nitrogens with zero attached hydrogens (tertiary/aromatic N) is 6. The largest absolute Gasteiger partial charge is 0.390 e. The quantitative estimate of drug-likeness (QED) is 0.488. The number of aromatic nitrogens is 4. The number of fused-ring (bicyclic) bond motifs is 1. The first kappa shape index (κ1) is 25.1. The lowest BCUT2D eigenvalue weighted by Gasteiger charge is -2.38. The molecule has 3 atom stereocenters. The molecule has 0 amide bonds. The highest BCUT2D eigenvalue weighted by Crippen LogP contribution is 2.65. The highest BCUT2D eigenvalue weighted by molar-refractivity contribution is 5.96. The van der Waals surface area contributed by atoms with Crippen LogP contribution in [0.2, 0.25) is 0 Å². The maximum absolute atomic E-state index is 14.7. The Morgan fingerprint density at radius 3 is 2.50 bits per heavy atom. The van der Waals surface area contributed by atoms with E-state index in [0.29, 0.717) is 55.9 Å². The van der Waals surface area contributed by atoms with Crippen LogP contribution in [-0.2, 0) is 0 Å². The summed E-state index contributed by atoms with van der Waals surface area (Å²) in [5.41, 5.74) is -1.62. The van der Waals surface area contributed by atoms with E-state index in [-0.39, 0.29) is 18.9 Å². The van der Waals surface area contributed by atoms with Gasteiger partial charge in [-0.05, 0) is 48.8 Å². The highest BCUT2D eigenvalue weighted by Gasteiger charge is 2.72. The van der Waals surface area contributed by atoms with Crippen molar-refractivity contribution in [3.05, 3.63) is 36.3 Å². The highest BCUT2D eigenvalue weighted by atomic mass is 19.3. The predicted octanol–water partition coefficient (Wildman–Crippen LogP) is 4.82. The first-order valence-electron chi connectivity index (χ1n) is 13.1. The molecule has 1 saturated carbocycles. The van der Waals surface area contributed by atoms with Crippen LogP contribution in [0.25, 0.3) is 10.8 Å². The molecule has 3 aromatic heterocycles. The maximum atomic E-state index is 14.7. The Hall–Kier alpha value is -3.21. The third-order valence-electron chi connectivity index (χ3n) is 8.32. The summed E-state index contributed by atoms with van der Waals surface area (Å²) >= 11 is 0. The molecule has 6 rings (SSSR count). The van der Waals surface area contributed by atoms with E-state index in [1.807, 2.05) is 17.2 Å². The van der Waals surface area contributed by atoms with E-state index in [1.165, 1.54) is 6.92 Å². The second kappa shape index (κ2) is 8.65. The summed E-state index contributed by atoms with van der Waals surface area (Å²) in [5, 5.41) is 15.0. The van der Waals surface area contributed by atoms with Crippen molar-refractivity contribution in [2.75, 3.05) is 41.3 Å². The molecule has 2 saturated heterocycles.